The number of aromatic amines is 1. The van der Waals surface area contributed by atoms with Crippen molar-refractivity contribution in [2.24, 2.45) is 11.8 Å². The predicted octanol–water partition coefficient (Wildman–Crippen LogP) is 2.53. The van der Waals surface area contributed by atoms with E-state index in [0.717, 1.165) is 35.7 Å². The molecule has 1 aliphatic carbocycles. The van der Waals surface area contributed by atoms with Gasteiger partial charge >= 0.3 is 0 Å². The molecule has 2 aromatic rings. The van der Waals surface area contributed by atoms with E-state index >= 15 is 0 Å². The average Bonchev–Trinajstić information content (AvgIpc) is 3.34. The van der Waals surface area contributed by atoms with E-state index < -0.39 is 15.9 Å². The van der Waals surface area contributed by atoms with Gasteiger partial charge < -0.3 is 10.3 Å². The van der Waals surface area contributed by atoms with Crippen LogP contribution in [0.4, 0.5) is 0 Å². The Morgan fingerprint density at radius 3 is 2.60 bits per heavy atom. The van der Waals surface area contributed by atoms with Crippen LogP contribution in [-0.4, -0.2) is 43.9 Å². The minimum Gasteiger partial charge on any atom is -0.351 e. The number of aromatic nitrogens is 1. The molecule has 30 heavy (non-hydrogen) atoms. The average molecular weight is 432 g/mol. The van der Waals surface area contributed by atoms with Gasteiger partial charge in [-0.1, -0.05) is 38.2 Å². The molecule has 1 saturated heterocycles. The Kier molecular flexibility index (Phi) is 5.97. The molecule has 1 saturated carbocycles. The Morgan fingerprint density at radius 2 is 1.87 bits per heavy atom. The molecule has 0 radical (unpaired) electrons. The number of carbonyl (C=O) groups is 2. The van der Waals surface area contributed by atoms with Gasteiger partial charge in [0.1, 0.15) is 5.69 Å². The molecule has 0 spiro atoms. The molecule has 162 valence electrons. The smallest absolute Gasteiger partial charge is 0.281 e. The van der Waals surface area contributed by atoms with E-state index in [-0.39, 0.29) is 17.5 Å². The van der Waals surface area contributed by atoms with Crippen LogP contribution >= 0.6 is 0 Å². The first-order valence-electron chi connectivity index (χ1n) is 10.7. The molecular weight excluding hydrogens is 402 g/mol. The van der Waals surface area contributed by atoms with Crippen LogP contribution in [0.2, 0.25) is 0 Å². The molecule has 1 aliphatic heterocycles. The minimum absolute atomic E-state index is 0.0638. The first-order chi connectivity index (χ1) is 14.3. The van der Waals surface area contributed by atoms with Crippen molar-refractivity contribution in [3.63, 3.8) is 0 Å². The minimum atomic E-state index is -3.63. The molecule has 8 heteroatoms. The molecule has 4 rings (SSSR count). The van der Waals surface area contributed by atoms with Crippen LogP contribution in [0.3, 0.4) is 0 Å². The van der Waals surface area contributed by atoms with Gasteiger partial charge in [-0.05, 0) is 48.6 Å². The van der Waals surface area contributed by atoms with Crippen LogP contribution < -0.4 is 10.0 Å². The van der Waals surface area contributed by atoms with Crippen LogP contribution in [-0.2, 0) is 21.2 Å². The van der Waals surface area contributed by atoms with E-state index in [9.17, 15) is 18.0 Å². The molecule has 2 aliphatic rings. The van der Waals surface area contributed by atoms with Crippen LogP contribution in [0.25, 0.3) is 10.9 Å². The molecule has 1 aromatic carbocycles. The van der Waals surface area contributed by atoms with Gasteiger partial charge in [-0.15, -0.1) is 0 Å². The molecule has 7 nitrogen and oxygen atoms in total. The summed E-state index contributed by atoms with van der Waals surface area (Å²) in [5, 5.41) is 4.22. The fraction of sp³-hybridized carbons (Fsp3) is 0.545. The largest absolute Gasteiger partial charge is 0.351 e. The SMILES string of the molecule is CS(=O)(=O)NC(=O)c1cc2cc(CC(=O)[C@H]3NCC[C@H]3C3CCCCC3)ccc2[nH]1. The molecule has 3 N–H and O–H groups in total. The van der Waals surface area contributed by atoms with Gasteiger partial charge in [-0.25, -0.2) is 13.1 Å². The molecule has 2 atom stereocenters. The number of Topliss-reactive ketones (excluding diaryl/α,β-unsaturated/α-hetero) is 1. The van der Waals surface area contributed by atoms with Crippen molar-refractivity contribution in [2.45, 2.75) is 51.0 Å². The second-order valence-electron chi connectivity index (χ2n) is 8.73. The summed E-state index contributed by atoms with van der Waals surface area (Å²) in [4.78, 5) is 28.1. The van der Waals surface area contributed by atoms with Crippen LogP contribution in [0.1, 0.15) is 54.6 Å². The lowest BCUT2D eigenvalue weighted by molar-refractivity contribution is -0.121. The highest BCUT2D eigenvalue weighted by molar-refractivity contribution is 7.89. The zero-order valence-electron chi connectivity index (χ0n) is 17.2. The maximum Gasteiger partial charge on any atom is 0.281 e. The van der Waals surface area contributed by atoms with Gasteiger partial charge in [0.15, 0.2) is 5.78 Å². The van der Waals surface area contributed by atoms with Gasteiger partial charge in [-0.2, -0.15) is 0 Å². The lowest BCUT2D eigenvalue weighted by Gasteiger charge is -2.30. The standard InChI is InChI=1S/C22H29N3O4S/c1-30(28,29)25-22(27)19-13-16-11-14(7-8-18(16)24-19)12-20(26)21-17(9-10-23-21)15-5-3-2-4-6-15/h7-8,11,13,15,17,21,23-24H,2-6,9-10,12H2,1H3,(H,25,27)/t17-,21-/m0/s1. The molecule has 0 unspecified atom stereocenters. The van der Waals surface area contributed by atoms with Crippen molar-refractivity contribution in [3.05, 3.63) is 35.5 Å². The highest BCUT2D eigenvalue weighted by Gasteiger charge is 2.37. The van der Waals surface area contributed by atoms with Crippen molar-refractivity contribution in [2.75, 3.05) is 12.8 Å². The monoisotopic (exact) mass is 431 g/mol. The highest BCUT2D eigenvalue weighted by atomic mass is 32.2. The summed E-state index contributed by atoms with van der Waals surface area (Å²) >= 11 is 0. The van der Waals surface area contributed by atoms with Crippen LogP contribution in [0, 0.1) is 11.8 Å². The van der Waals surface area contributed by atoms with Gasteiger partial charge in [0.25, 0.3) is 5.91 Å². The fourth-order valence-corrected chi connectivity index (χ4v) is 5.54. The molecular formula is C22H29N3O4S. The van der Waals surface area contributed by atoms with Crippen molar-refractivity contribution in [1.29, 1.82) is 0 Å². The summed E-state index contributed by atoms with van der Waals surface area (Å²) in [6, 6.07) is 7.16. The third-order valence-corrected chi connectivity index (χ3v) is 7.01. The number of hydrogen-bond donors (Lipinski definition) is 3. The van der Waals surface area contributed by atoms with Gasteiger partial charge in [0.2, 0.25) is 10.0 Å². The Labute approximate surface area is 177 Å². The summed E-state index contributed by atoms with van der Waals surface area (Å²) in [6.07, 6.45) is 8.73. The second kappa shape index (κ2) is 8.51. The Hall–Kier alpha value is -2.19. The lowest BCUT2D eigenvalue weighted by atomic mass is 9.75. The number of nitrogens with one attached hydrogen (secondary N) is 3. The number of carbonyl (C=O) groups excluding carboxylic acids is 2. The lowest BCUT2D eigenvalue weighted by Crippen LogP contribution is -2.40. The highest BCUT2D eigenvalue weighted by Crippen LogP contribution is 2.36. The molecule has 2 fully saturated rings. The summed E-state index contributed by atoms with van der Waals surface area (Å²) in [5.74, 6) is 0.635. The summed E-state index contributed by atoms with van der Waals surface area (Å²) in [7, 11) is -3.63. The number of sulfonamides is 1. The Bertz CT molecular complexity index is 1050. The summed E-state index contributed by atoms with van der Waals surface area (Å²) < 4.78 is 24.5. The van der Waals surface area contributed by atoms with E-state index in [0.29, 0.717) is 18.3 Å². The number of amides is 1. The molecule has 0 bridgehead atoms. The maximum atomic E-state index is 13.1. The number of hydrogen-bond acceptors (Lipinski definition) is 5. The van der Waals surface area contributed by atoms with Crippen LogP contribution in [0.15, 0.2) is 24.3 Å². The van der Waals surface area contributed by atoms with E-state index in [2.05, 4.69) is 10.3 Å². The Morgan fingerprint density at radius 1 is 1.10 bits per heavy atom. The quantitative estimate of drug-likeness (QED) is 0.651. The normalized spacial score (nSPS) is 23.0. The van der Waals surface area contributed by atoms with E-state index in [1.807, 2.05) is 22.9 Å². The van der Waals surface area contributed by atoms with Crippen molar-refractivity contribution < 1.29 is 18.0 Å². The number of rotatable bonds is 6. The number of fused-ring (bicyclic) bond motifs is 1. The van der Waals surface area contributed by atoms with Gasteiger partial charge in [0.05, 0.1) is 12.3 Å². The molecule has 2 heterocycles. The first-order valence-corrected chi connectivity index (χ1v) is 12.6. The topological polar surface area (TPSA) is 108 Å². The second-order valence-corrected chi connectivity index (χ2v) is 10.5. The zero-order chi connectivity index (χ0) is 21.3. The van der Waals surface area contributed by atoms with E-state index in [1.165, 1.54) is 32.1 Å². The van der Waals surface area contributed by atoms with Gasteiger partial charge in [0, 0.05) is 17.3 Å². The third-order valence-electron chi connectivity index (χ3n) is 6.46. The summed E-state index contributed by atoms with van der Waals surface area (Å²) in [5.41, 5.74) is 1.80. The number of ketones is 1. The molecule has 1 aromatic heterocycles. The zero-order valence-corrected chi connectivity index (χ0v) is 18.1. The number of benzene rings is 1. The third kappa shape index (κ3) is 4.75. The molecule has 1 amide bonds. The summed E-state index contributed by atoms with van der Waals surface area (Å²) in [6.45, 7) is 0.910. The maximum absolute atomic E-state index is 13.1. The van der Waals surface area contributed by atoms with Crippen LogP contribution in [0.5, 0.6) is 0 Å². The van der Waals surface area contributed by atoms with E-state index in [1.54, 1.807) is 6.07 Å². The van der Waals surface area contributed by atoms with Crippen molar-refractivity contribution >= 4 is 32.6 Å². The van der Waals surface area contributed by atoms with Crippen molar-refractivity contribution in [1.82, 2.24) is 15.0 Å². The Balaban J connectivity index is 1.46. The predicted molar refractivity (Wildman–Crippen MR) is 116 cm³/mol. The van der Waals surface area contributed by atoms with E-state index in [4.69, 9.17) is 0 Å². The first kappa shape index (κ1) is 21.1. The number of H-pyrrole nitrogens is 1. The van der Waals surface area contributed by atoms with Crippen molar-refractivity contribution in [3.8, 4) is 0 Å². The fourth-order valence-electron chi connectivity index (χ4n) is 5.10. The van der Waals surface area contributed by atoms with Gasteiger partial charge in [-0.3, -0.25) is 9.59 Å².